The molecule has 2 aliphatic carbocycles. The van der Waals surface area contributed by atoms with Gasteiger partial charge in [-0.05, 0) is 68.5 Å². The number of hydrogen-bond acceptors (Lipinski definition) is 6. The second kappa shape index (κ2) is 8.37. The lowest BCUT2D eigenvalue weighted by molar-refractivity contribution is -0.0888. The van der Waals surface area contributed by atoms with E-state index in [0.717, 1.165) is 18.6 Å². The van der Waals surface area contributed by atoms with Gasteiger partial charge in [-0.2, -0.15) is 0 Å². The fourth-order valence-electron chi connectivity index (χ4n) is 5.50. The molecular weight excluding hydrogens is 524 g/mol. The van der Waals surface area contributed by atoms with Crippen molar-refractivity contribution in [1.82, 2.24) is 4.72 Å². The zero-order chi connectivity index (χ0) is 25.2. The van der Waals surface area contributed by atoms with E-state index < -0.39 is 71.1 Å². The maximum atomic E-state index is 15.3. The van der Waals surface area contributed by atoms with Gasteiger partial charge in [0.2, 0.25) is 10.0 Å². The van der Waals surface area contributed by atoms with Crippen LogP contribution in [-0.4, -0.2) is 45.4 Å². The molecule has 3 atom stereocenters. The Morgan fingerprint density at radius 2 is 1.66 bits per heavy atom. The van der Waals surface area contributed by atoms with Gasteiger partial charge in [0.25, 0.3) is 0 Å². The SMILES string of the molecule is O=S(=O)(N[C@@H]1CC[C@@]2(S(=O)(=O)c3ccc(Cl)cc3)c3c(F)ccc(F)c3OC[C@@]2(O)C1)C1CCC1. The zero-order valence-corrected chi connectivity index (χ0v) is 20.9. The largest absolute Gasteiger partial charge is 0.487 e. The average molecular weight is 548 g/mol. The van der Waals surface area contributed by atoms with Crippen molar-refractivity contribution >= 4 is 31.5 Å². The molecule has 3 aliphatic rings. The van der Waals surface area contributed by atoms with Crippen LogP contribution in [0.1, 0.15) is 44.1 Å². The third-order valence-corrected chi connectivity index (χ3v) is 12.4. The van der Waals surface area contributed by atoms with Crippen LogP contribution in [0.5, 0.6) is 5.75 Å². The summed E-state index contributed by atoms with van der Waals surface area (Å²) in [5, 5.41) is 11.6. The minimum Gasteiger partial charge on any atom is -0.487 e. The van der Waals surface area contributed by atoms with Crippen molar-refractivity contribution in [2.75, 3.05) is 6.61 Å². The average Bonchev–Trinajstić information content (AvgIpc) is 2.73. The molecule has 0 aromatic heterocycles. The van der Waals surface area contributed by atoms with Gasteiger partial charge in [0, 0.05) is 11.1 Å². The van der Waals surface area contributed by atoms with Crippen molar-refractivity contribution in [3.8, 4) is 5.75 Å². The molecule has 2 aromatic rings. The molecule has 0 spiro atoms. The molecule has 0 amide bonds. The number of halogens is 3. The lowest BCUT2D eigenvalue weighted by atomic mass is 9.68. The molecule has 0 saturated heterocycles. The highest BCUT2D eigenvalue weighted by Crippen LogP contribution is 2.58. The lowest BCUT2D eigenvalue weighted by Crippen LogP contribution is -2.67. The molecule has 2 N–H and O–H groups in total. The summed E-state index contributed by atoms with van der Waals surface area (Å²) in [6, 6.07) is 6.01. The van der Waals surface area contributed by atoms with Crippen LogP contribution in [0.15, 0.2) is 41.3 Å². The van der Waals surface area contributed by atoms with Gasteiger partial charge in [0.1, 0.15) is 22.8 Å². The van der Waals surface area contributed by atoms with E-state index in [-0.39, 0.29) is 29.2 Å². The Labute approximate surface area is 207 Å². The first-order valence-corrected chi connectivity index (χ1v) is 14.7. The number of rotatable bonds is 5. The van der Waals surface area contributed by atoms with Gasteiger partial charge < -0.3 is 9.84 Å². The van der Waals surface area contributed by atoms with Gasteiger partial charge >= 0.3 is 0 Å². The number of fused-ring (bicyclic) bond motifs is 3. The van der Waals surface area contributed by atoms with Crippen LogP contribution in [0, 0.1) is 11.6 Å². The summed E-state index contributed by atoms with van der Waals surface area (Å²) in [4.78, 5) is -0.231. The van der Waals surface area contributed by atoms with Crippen LogP contribution in [0.2, 0.25) is 5.02 Å². The Morgan fingerprint density at radius 3 is 2.29 bits per heavy atom. The van der Waals surface area contributed by atoms with Crippen molar-refractivity contribution in [3.63, 3.8) is 0 Å². The molecular formula is C23H24ClF2NO6S2. The predicted molar refractivity (Wildman–Crippen MR) is 124 cm³/mol. The summed E-state index contributed by atoms with van der Waals surface area (Å²) in [5.74, 6) is -2.56. The highest BCUT2D eigenvalue weighted by atomic mass is 35.5. The van der Waals surface area contributed by atoms with Crippen molar-refractivity contribution in [1.29, 1.82) is 0 Å². The minimum absolute atomic E-state index is 0.0174. The van der Waals surface area contributed by atoms with Gasteiger partial charge in [-0.3, -0.25) is 0 Å². The van der Waals surface area contributed by atoms with Crippen LogP contribution >= 0.6 is 11.6 Å². The quantitative estimate of drug-likeness (QED) is 0.593. The molecule has 0 unspecified atom stereocenters. The molecule has 5 rings (SSSR count). The Bertz CT molecular complexity index is 1380. The highest BCUT2D eigenvalue weighted by molar-refractivity contribution is 7.92. The highest BCUT2D eigenvalue weighted by Gasteiger charge is 2.67. The molecule has 2 aromatic carbocycles. The Morgan fingerprint density at radius 1 is 1.00 bits per heavy atom. The summed E-state index contributed by atoms with van der Waals surface area (Å²) >= 11 is 5.92. The molecule has 2 saturated carbocycles. The summed E-state index contributed by atoms with van der Waals surface area (Å²) in [7, 11) is -8.24. The number of nitrogens with one attached hydrogen (secondary N) is 1. The van der Waals surface area contributed by atoms with Gasteiger partial charge in [-0.15, -0.1) is 0 Å². The van der Waals surface area contributed by atoms with Gasteiger partial charge in [-0.25, -0.2) is 30.3 Å². The molecule has 0 bridgehead atoms. The zero-order valence-electron chi connectivity index (χ0n) is 18.5. The second-order valence-electron chi connectivity index (χ2n) is 9.49. The first kappa shape index (κ1) is 24.9. The monoisotopic (exact) mass is 547 g/mol. The molecule has 1 heterocycles. The number of ether oxygens (including phenoxy) is 1. The van der Waals surface area contributed by atoms with E-state index in [1.165, 1.54) is 24.3 Å². The third kappa shape index (κ3) is 3.69. The predicted octanol–water partition coefficient (Wildman–Crippen LogP) is 3.44. The van der Waals surface area contributed by atoms with Gasteiger partial charge in [0.15, 0.2) is 21.4 Å². The molecule has 12 heteroatoms. The third-order valence-electron chi connectivity index (χ3n) is 7.50. The van der Waals surface area contributed by atoms with E-state index in [9.17, 15) is 26.3 Å². The fraction of sp³-hybridized carbons (Fsp3) is 0.478. The summed E-state index contributed by atoms with van der Waals surface area (Å²) < 4.78 is 89.4. The molecule has 2 fully saturated rings. The normalized spacial score (nSPS) is 29.0. The first-order valence-electron chi connectivity index (χ1n) is 11.3. The molecule has 7 nitrogen and oxygen atoms in total. The summed E-state index contributed by atoms with van der Waals surface area (Å²) in [5.41, 5.74) is -2.83. The molecule has 1 aliphatic heterocycles. The number of hydrogen-bond donors (Lipinski definition) is 2. The molecule has 35 heavy (non-hydrogen) atoms. The van der Waals surface area contributed by atoms with Gasteiger partial charge in [0.05, 0.1) is 15.7 Å². The maximum Gasteiger partial charge on any atom is 0.214 e. The fourth-order valence-corrected chi connectivity index (χ4v) is 9.83. The smallest absolute Gasteiger partial charge is 0.214 e. The number of benzene rings is 2. The Kier molecular flexibility index (Phi) is 5.95. The van der Waals surface area contributed by atoms with Crippen LogP contribution < -0.4 is 9.46 Å². The van der Waals surface area contributed by atoms with E-state index in [0.29, 0.717) is 12.8 Å². The molecule has 0 radical (unpaired) electrons. The number of sulfonamides is 1. The van der Waals surface area contributed by atoms with E-state index >= 15 is 4.39 Å². The van der Waals surface area contributed by atoms with Crippen LogP contribution in [-0.2, 0) is 24.6 Å². The van der Waals surface area contributed by atoms with Gasteiger partial charge in [-0.1, -0.05) is 18.0 Å². The van der Waals surface area contributed by atoms with Crippen LogP contribution in [0.3, 0.4) is 0 Å². The Hall–Kier alpha value is -1.79. The van der Waals surface area contributed by atoms with Crippen molar-refractivity contribution < 1.29 is 35.5 Å². The molecule has 190 valence electrons. The topological polar surface area (TPSA) is 110 Å². The minimum atomic E-state index is -4.56. The van der Waals surface area contributed by atoms with E-state index in [1.54, 1.807) is 0 Å². The summed E-state index contributed by atoms with van der Waals surface area (Å²) in [6.45, 7) is -0.658. The van der Waals surface area contributed by atoms with Crippen molar-refractivity contribution in [3.05, 3.63) is 58.6 Å². The number of aliphatic hydroxyl groups is 1. The lowest BCUT2D eigenvalue weighted by Gasteiger charge is -2.54. The standard InChI is InChI=1S/C23H24ClF2NO6S2/c24-14-4-6-16(7-5-14)34(29,30)23-11-10-15(27-35(31,32)17-2-1-3-17)12-22(23,28)13-33-21-19(26)9-8-18(25)20(21)23/h4-9,15,17,27-28H,1-3,10-13H2/t15-,22+,23-/m1/s1. The maximum absolute atomic E-state index is 15.3. The van der Waals surface area contributed by atoms with Crippen LogP contribution in [0.25, 0.3) is 0 Å². The van der Waals surface area contributed by atoms with E-state index in [1.807, 2.05) is 0 Å². The first-order chi connectivity index (χ1) is 16.4. The number of sulfone groups is 1. The van der Waals surface area contributed by atoms with Crippen LogP contribution in [0.4, 0.5) is 8.78 Å². The van der Waals surface area contributed by atoms with E-state index in [4.69, 9.17) is 16.3 Å². The summed E-state index contributed by atoms with van der Waals surface area (Å²) in [6.07, 6.45) is 1.13. The van der Waals surface area contributed by atoms with Crippen molar-refractivity contribution in [2.24, 2.45) is 0 Å². The second-order valence-corrected chi connectivity index (χ2v) is 14.1. The Balaban J connectivity index is 1.65. The van der Waals surface area contributed by atoms with Crippen molar-refractivity contribution in [2.45, 2.75) is 65.1 Å². The van der Waals surface area contributed by atoms with E-state index in [2.05, 4.69) is 4.72 Å².